The number of aliphatic hydroxyl groups is 1. The maximum atomic E-state index is 14.5. The second-order valence-corrected chi connectivity index (χ2v) is 9.75. The Labute approximate surface area is 234 Å². The highest BCUT2D eigenvalue weighted by atomic mass is 35.5. The zero-order chi connectivity index (χ0) is 25.2. The molecule has 10 nitrogen and oxygen atoms in total. The van der Waals surface area contributed by atoms with Crippen LogP contribution in [0.1, 0.15) is 25.0 Å². The third-order valence-corrected chi connectivity index (χ3v) is 7.40. The molecule has 4 N–H and O–H groups in total. The molecule has 5 rings (SSSR count). The number of ether oxygens (including phenoxy) is 1. The summed E-state index contributed by atoms with van der Waals surface area (Å²) in [6, 6.07) is 6.20. The highest BCUT2D eigenvalue weighted by Crippen LogP contribution is 2.32. The maximum Gasteiger partial charge on any atom is 0.235 e. The Morgan fingerprint density at radius 2 is 2.08 bits per heavy atom. The molecule has 0 spiro atoms. The van der Waals surface area contributed by atoms with E-state index in [2.05, 4.69) is 30.9 Å². The summed E-state index contributed by atoms with van der Waals surface area (Å²) >= 11 is 1.25. The van der Waals surface area contributed by atoms with Crippen molar-refractivity contribution in [2.24, 2.45) is 5.92 Å². The van der Waals surface area contributed by atoms with Gasteiger partial charge >= 0.3 is 0 Å². The second-order valence-electron chi connectivity index (χ2n) is 8.73. The summed E-state index contributed by atoms with van der Waals surface area (Å²) in [5, 5.41) is 19.4. The van der Waals surface area contributed by atoms with Crippen molar-refractivity contribution < 1.29 is 23.8 Å². The number of aromatic nitrogens is 3. The van der Waals surface area contributed by atoms with Crippen molar-refractivity contribution in [2.75, 3.05) is 23.5 Å². The van der Waals surface area contributed by atoms with Crippen LogP contribution < -0.4 is 20.7 Å². The molecule has 2 aliphatic rings. The number of nitrogens with one attached hydrogen (secondary N) is 3. The van der Waals surface area contributed by atoms with Crippen LogP contribution in [0.25, 0.3) is 11.0 Å². The third kappa shape index (κ3) is 6.44. The number of methoxy groups -OCH3 is 1. The van der Waals surface area contributed by atoms with Crippen LogP contribution in [0, 0.1) is 11.7 Å². The summed E-state index contributed by atoms with van der Waals surface area (Å²) in [6.45, 7) is 0.0920. The second kappa shape index (κ2) is 12.9. The average Bonchev–Trinajstić information content (AvgIpc) is 2.88. The van der Waals surface area contributed by atoms with Gasteiger partial charge in [-0.25, -0.2) is 14.4 Å². The van der Waals surface area contributed by atoms with E-state index in [0.29, 0.717) is 46.2 Å². The number of carbonyl (C=O) groups excluding carboxylic acids is 2. The summed E-state index contributed by atoms with van der Waals surface area (Å²) in [6.07, 6.45) is 2.14. The first kappa shape index (κ1) is 29.8. The SMILES string of the molecule is COc1ccc2nccc(NC(=O)[C@@H]3CC[C@@H](NCc4nc5c(cc4F)SCC(=O)N5)[C@H](O)C3)c2n1.Cl.Cl. The number of thioether (sulfide) groups is 1. The molecular formula is C24H27Cl2FN6O4S. The van der Waals surface area contributed by atoms with E-state index in [1.54, 1.807) is 24.4 Å². The summed E-state index contributed by atoms with van der Waals surface area (Å²) in [5.74, 6) is -0.242. The van der Waals surface area contributed by atoms with E-state index in [0.717, 1.165) is 0 Å². The number of fused-ring (bicyclic) bond motifs is 2. The standard InChI is InChI=1S/C24H25FN6O4S.2ClH/c1-35-21-5-4-15-22(31-21)16(6-7-26-15)29-24(34)12-2-3-14(18(32)8-12)27-10-17-13(25)9-19-23(28-17)30-20(33)11-36-19;;/h4-7,9,12,14,18,27,32H,2-3,8,10-11H2,1H3,(H,26,29,34)(H,28,30,33);2*1H/t12-,14-,18-;;/m1../s1. The van der Waals surface area contributed by atoms with Crippen LogP contribution in [0.15, 0.2) is 35.4 Å². The molecule has 204 valence electrons. The van der Waals surface area contributed by atoms with Crippen LogP contribution in [0.5, 0.6) is 5.88 Å². The number of rotatable bonds is 6. The van der Waals surface area contributed by atoms with Crippen molar-refractivity contribution in [1.29, 1.82) is 0 Å². The summed E-state index contributed by atoms with van der Waals surface area (Å²) in [4.78, 5) is 38.1. The fourth-order valence-corrected chi connectivity index (χ4v) is 5.23. The Morgan fingerprint density at radius 3 is 2.84 bits per heavy atom. The molecule has 1 fully saturated rings. The minimum Gasteiger partial charge on any atom is -0.481 e. The molecule has 4 heterocycles. The Morgan fingerprint density at radius 1 is 1.26 bits per heavy atom. The molecule has 0 aromatic carbocycles. The number of pyridine rings is 3. The zero-order valence-electron chi connectivity index (χ0n) is 20.3. The van der Waals surface area contributed by atoms with Crippen molar-refractivity contribution in [1.82, 2.24) is 20.3 Å². The number of aliphatic hydroxyl groups excluding tert-OH is 1. The fourth-order valence-electron chi connectivity index (χ4n) is 4.45. The van der Waals surface area contributed by atoms with Gasteiger partial charge in [0.2, 0.25) is 17.7 Å². The molecule has 0 saturated heterocycles. The first-order valence-corrected chi connectivity index (χ1v) is 12.5. The smallest absolute Gasteiger partial charge is 0.235 e. The van der Waals surface area contributed by atoms with Crippen molar-refractivity contribution >= 4 is 70.9 Å². The monoisotopic (exact) mass is 584 g/mol. The predicted octanol–water partition coefficient (Wildman–Crippen LogP) is 3.32. The van der Waals surface area contributed by atoms with Crippen LogP contribution in [-0.4, -0.2) is 56.9 Å². The van der Waals surface area contributed by atoms with Crippen LogP contribution in [0.2, 0.25) is 0 Å². The first-order chi connectivity index (χ1) is 17.4. The molecule has 0 bridgehead atoms. The van der Waals surface area contributed by atoms with E-state index in [9.17, 15) is 19.1 Å². The van der Waals surface area contributed by atoms with E-state index in [4.69, 9.17) is 4.74 Å². The maximum absolute atomic E-state index is 14.5. The first-order valence-electron chi connectivity index (χ1n) is 11.6. The van der Waals surface area contributed by atoms with Gasteiger partial charge in [0, 0.05) is 30.8 Å². The highest BCUT2D eigenvalue weighted by molar-refractivity contribution is 8.00. The largest absolute Gasteiger partial charge is 0.481 e. The summed E-state index contributed by atoms with van der Waals surface area (Å²) < 4.78 is 19.7. The minimum atomic E-state index is -0.794. The van der Waals surface area contributed by atoms with E-state index in [-0.39, 0.29) is 67.1 Å². The molecule has 1 saturated carbocycles. The lowest BCUT2D eigenvalue weighted by molar-refractivity contribution is -0.122. The van der Waals surface area contributed by atoms with Gasteiger partial charge in [-0.15, -0.1) is 36.6 Å². The van der Waals surface area contributed by atoms with Gasteiger partial charge in [0.25, 0.3) is 0 Å². The van der Waals surface area contributed by atoms with E-state index in [1.807, 2.05) is 0 Å². The Hall–Kier alpha value is -2.77. The fraction of sp³-hybridized carbons (Fsp3) is 0.375. The van der Waals surface area contributed by atoms with Crippen molar-refractivity contribution in [2.45, 2.75) is 42.8 Å². The van der Waals surface area contributed by atoms with Crippen molar-refractivity contribution in [3.05, 3.63) is 42.0 Å². The quantitative estimate of drug-likeness (QED) is 0.343. The number of hydrogen-bond acceptors (Lipinski definition) is 9. The Balaban J connectivity index is 0.00000200. The van der Waals surface area contributed by atoms with Gasteiger partial charge in [0.15, 0.2) is 0 Å². The van der Waals surface area contributed by atoms with Gasteiger partial charge < -0.3 is 25.8 Å². The number of carbonyl (C=O) groups is 2. The highest BCUT2D eigenvalue weighted by Gasteiger charge is 2.33. The molecule has 3 aromatic heterocycles. The van der Waals surface area contributed by atoms with Gasteiger partial charge in [-0.1, -0.05) is 0 Å². The molecule has 38 heavy (non-hydrogen) atoms. The van der Waals surface area contributed by atoms with Crippen LogP contribution in [0.3, 0.4) is 0 Å². The van der Waals surface area contributed by atoms with Crippen molar-refractivity contribution in [3.63, 3.8) is 0 Å². The lowest BCUT2D eigenvalue weighted by Gasteiger charge is -2.33. The van der Waals surface area contributed by atoms with Gasteiger partial charge in [0.1, 0.15) is 17.2 Å². The van der Waals surface area contributed by atoms with Gasteiger partial charge in [0.05, 0.1) is 40.8 Å². The topological polar surface area (TPSA) is 138 Å². The predicted molar refractivity (Wildman–Crippen MR) is 147 cm³/mol. The molecule has 14 heteroatoms. The van der Waals surface area contributed by atoms with E-state index >= 15 is 0 Å². The minimum absolute atomic E-state index is 0. The zero-order valence-corrected chi connectivity index (χ0v) is 22.7. The average molecular weight is 585 g/mol. The van der Waals surface area contributed by atoms with Crippen LogP contribution >= 0.6 is 36.6 Å². The number of hydrogen-bond donors (Lipinski definition) is 4. The Bertz CT molecular complexity index is 1340. The number of anilines is 2. The van der Waals surface area contributed by atoms with E-state index in [1.165, 1.54) is 24.9 Å². The molecule has 1 aliphatic heterocycles. The number of nitrogens with zero attached hydrogens (tertiary/aromatic N) is 3. The van der Waals surface area contributed by atoms with Crippen LogP contribution in [0.4, 0.5) is 15.9 Å². The molecule has 0 radical (unpaired) electrons. The Kier molecular flexibility index (Phi) is 10.1. The molecule has 3 atom stereocenters. The van der Waals surface area contributed by atoms with Gasteiger partial charge in [-0.2, -0.15) is 0 Å². The van der Waals surface area contributed by atoms with Gasteiger partial charge in [-0.05, 0) is 37.5 Å². The van der Waals surface area contributed by atoms with Gasteiger partial charge in [-0.3, -0.25) is 14.6 Å². The van der Waals surface area contributed by atoms with E-state index < -0.39 is 17.8 Å². The molecule has 1 aliphatic carbocycles. The lowest BCUT2D eigenvalue weighted by atomic mass is 9.83. The molecule has 0 unspecified atom stereocenters. The van der Waals surface area contributed by atoms with Crippen molar-refractivity contribution in [3.8, 4) is 5.88 Å². The molecule has 3 aromatic rings. The van der Waals surface area contributed by atoms with Crippen LogP contribution in [-0.2, 0) is 16.1 Å². The number of halogens is 3. The number of amides is 2. The summed E-state index contributed by atoms with van der Waals surface area (Å²) in [5.41, 5.74) is 1.84. The summed E-state index contributed by atoms with van der Waals surface area (Å²) in [7, 11) is 1.52. The molecular weight excluding hydrogens is 558 g/mol. The molecule has 2 amide bonds. The normalized spacial score (nSPS) is 20.4. The third-order valence-electron chi connectivity index (χ3n) is 6.37. The lowest BCUT2D eigenvalue weighted by Crippen LogP contribution is -2.46.